The van der Waals surface area contributed by atoms with Gasteiger partial charge in [-0.05, 0) is 46.7 Å². The first kappa shape index (κ1) is 12.0. The van der Waals surface area contributed by atoms with E-state index in [1.165, 1.54) is 18.0 Å². The lowest BCUT2D eigenvalue weighted by Crippen LogP contribution is -1.93. The summed E-state index contributed by atoms with van der Waals surface area (Å²) in [6.45, 7) is 1.79. The predicted molar refractivity (Wildman–Crippen MR) is 67.5 cm³/mol. The van der Waals surface area contributed by atoms with Gasteiger partial charge in [0.05, 0.1) is 0 Å². The van der Waals surface area contributed by atoms with E-state index in [-0.39, 0.29) is 0 Å². The molecule has 0 saturated heterocycles. The minimum Gasteiger partial charge on any atom is -0.248 e. The average Bonchev–Trinajstić information content (AvgIpc) is 2.32. The molecule has 2 rings (SSSR count). The first-order valence-corrected chi connectivity index (χ1v) is 6.33. The second-order valence-corrected chi connectivity index (χ2v) is 5.09. The van der Waals surface area contributed by atoms with E-state index in [0.717, 1.165) is 9.50 Å². The van der Waals surface area contributed by atoms with Gasteiger partial charge in [0.1, 0.15) is 27.5 Å². The van der Waals surface area contributed by atoms with Gasteiger partial charge in [0.2, 0.25) is 0 Å². The third-order valence-corrected chi connectivity index (χ3v) is 3.32. The summed E-state index contributed by atoms with van der Waals surface area (Å²) in [4.78, 5) is 12.5. The molecule has 0 amide bonds. The number of hydrogen-bond acceptors (Lipinski definition) is 5. The Morgan fingerprint density at radius 2 is 2.12 bits per heavy atom. The quantitative estimate of drug-likeness (QED) is 0.798. The molecule has 17 heavy (non-hydrogen) atoms. The lowest BCUT2D eigenvalue weighted by atomic mass is 10.4. The van der Waals surface area contributed by atoms with Crippen LogP contribution in [-0.4, -0.2) is 15.0 Å². The van der Waals surface area contributed by atoms with Crippen LogP contribution in [0.15, 0.2) is 39.1 Å². The van der Waals surface area contributed by atoms with Crippen molar-refractivity contribution in [2.75, 3.05) is 0 Å². The molecule has 0 aliphatic rings. The number of aryl methyl sites for hydroxylation is 1. The van der Waals surface area contributed by atoms with Gasteiger partial charge < -0.3 is 0 Å². The molecule has 0 aliphatic carbocycles. The highest BCUT2D eigenvalue weighted by Crippen LogP contribution is 2.27. The summed E-state index contributed by atoms with van der Waals surface area (Å²) in [7, 11) is 0. The first-order valence-electron chi connectivity index (χ1n) is 4.72. The van der Waals surface area contributed by atoms with Crippen molar-refractivity contribution >= 4 is 27.7 Å². The van der Waals surface area contributed by atoms with Crippen LogP contribution in [0.4, 0.5) is 0 Å². The minimum absolute atomic E-state index is 0.463. The number of pyridine rings is 1. The molecule has 84 valence electrons. The number of nitriles is 1. The molecule has 0 bridgehead atoms. The summed E-state index contributed by atoms with van der Waals surface area (Å²) in [5.41, 5.74) is 0.463. The molecule has 2 aromatic rings. The van der Waals surface area contributed by atoms with Crippen molar-refractivity contribution in [2.24, 2.45) is 0 Å². The average molecular weight is 307 g/mol. The van der Waals surface area contributed by atoms with E-state index in [9.17, 15) is 0 Å². The molecule has 0 N–H and O–H groups in total. The van der Waals surface area contributed by atoms with Crippen LogP contribution in [0.25, 0.3) is 0 Å². The lowest BCUT2D eigenvalue weighted by molar-refractivity contribution is 0.951. The molecule has 0 radical (unpaired) electrons. The Hall–Kier alpha value is -1.45. The van der Waals surface area contributed by atoms with E-state index in [1.54, 1.807) is 13.1 Å². The highest BCUT2D eigenvalue weighted by atomic mass is 79.9. The largest absolute Gasteiger partial charge is 0.248 e. The minimum atomic E-state index is 0.463. The molecule has 0 saturated carbocycles. The fraction of sp³-hybridized carbons (Fsp3) is 0.0909. The number of halogens is 1. The summed E-state index contributed by atoms with van der Waals surface area (Å²) < 4.78 is 0.918. The van der Waals surface area contributed by atoms with Gasteiger partial charge in [-0.25, -0.2) is 15.0 Å². The van der Waals surface area contributed by atoms with Crippen LogP contribution in [0, 0.1) is 18.3 Å². The van der Waals surface area contributed by atoms with Crippen LogP contribution in [0.3, 0.4) is 0 Å². The molecule has 4 nitrogen and oxygen atoms in total. The Labute approximate surface area is 111 Å². The van der Waals surface area contributed by atoms with E-state index in [4.69, 9.17) is 5.26 Å². The zero-order chi connectivity index (χ0) is 12.3. The number of hydrogen-bond donors (Lipinski definition) is 0. The fourth-order valence-corrected chi connectivity index (χ4v) is 2.19. The Balaban J connectivity index is 2.32. The van der Waals surface area contributed by atoms with Gasteiger partial charge in [0, 0.05) is 16.9 Å². The maximum Gasteiger partial charge on any atom is 0.126 e. The van der Waals surface area contributed by atoms with Gasteiger partial charge in [-0.15, -0.1) is 0 Å². The fourth-order valence-electron chi connectivity index (χ4n) is 1.13. The molecule has 0 aromatic carbocycles. The maximum atomic E-state index is 8.96. The Morgan fingerprint density at radius 3 is 2.76 bits per heavy atom. The third kappa shape index (κ3) is 3.02. The number of nitrogens with zero attached hydrogens (tertiary/aromatic N) is 4. The third-order valence-electron chi connectivity index (χ3n) is 1.90. The second-order valence-electron chi connectivity index (χ2n) is 3.16. The molecule has 0 unspecified atom stereocenters. The summed E-state index contributed by atoms with van der Waals surface area (Å²) in [6.07, 6.45) is 3.24. The van der Waals surface area contributed by atoms with Crippen molar-refractivity contribution in [1.82, 2.24) is 15.0 Å². The predicted octanol–water partition coefficient (Wildman–Crippen LogP) is 2.97. The zero-order valence-electron chi connectivity index (χ0n) is 8.88. The summed E-state index contributed by atoms with van der Waals surface area (Å²) >= 11 is 4.68. The molecule has 0 spiro atoms. The van der Waals surface area contributed by atoms with Crippen molar-refractivity contribution in [3.05, 3.63) is 40.4 Å². The smallest absolute Gasteiger partial charge is 0.126 e. The molecule has 0 aliphatic heterocycles. The van der Waals surface area contributed by atoms with Gasteiger partial charge in [-0.3, -0.25) is 0 Å². The van der Waals surface area contributed by atoms with E-state index >= 15 is 0 Å². The van der Waals surface area contributed by atoms with Crippen LogP contribution < -0.4 is 0 Å². The van der Waals surface area contributed by atoms with E-state index < -0.39 is 0 Å². The highest BCUT2D eigenvalue weighted by Gasteiger charge is 2.07. The molecule has 0 atom stereocenters. The van der Waals surface area contributed by atoms with E-state index in [2.05, 4.69) is 37.0 Å². The maximum absolute atomic E-state index is 8.96. The van der Waals surface area contributed by atoms with Gasteiger partial charge in [0.25, 0.3) is 0 Å². The normalized spacial score (nSPS) is 9.94. The molecule has 0 fully saturated rings. The van der Waals surface area contributed by atoms with Crippen LogP contribution in [0.5, 0.6) is 0 Å². The topological polar surface area (TPSA) is 62.5 Å². The van der Waals surface area contributed by atoms with Crippen molar-refractivity contribution in [3.63, 3.8) is 0 Å². The SMILES string of the molecule is Cc1ncc(C#N)c(Sc2ccc(Br)cn2)n1. The standard InChI is InChI=1S/C11H7BrN4S/c1-7-14-5-8(4-13)11(16-7)17-10-3-2-9(12)6-15-10/h2-3,5-6H,1H3. The van der Waals surface area contributed by atoms with Crippen LogP contribution in [-0.2, 0) is 0 Å². The number of rotatable bonds is 2. The molecule has 6 heteroatoms. The number of aromatic nitrogens is 3. The molecular formula is C11H7BrN4S. The Kier molecular flexibility index (Phi) is 3.71. The van der Waals surface area contributed by atoms with Crippen molar-refractivity contribution < 1.29 is 0 Å². The van der Waals surface area contributed by atoms with Gasteiger partial charge in [0.15, 0.2) is 0 Å². The van der Waals surface area contributed by atoms with E-state index in [0.29, 0.717) is 16.4 Å². The van der Waals surface area contributed by atoms with Gasteiger partial charge in [-0.2, -0.15) is 5.26 Å². The summed E-state index contributed by atoms with van der Waals surface area (Å²) in [5.74, 6) is 0.642. The van der Waals surface area contributed by atoms with Crippen LogP contribution in [0.2, 0.25) is 0 Å². The molecular weight excluding hydrogens is 300 g/mol. The van der Waals surface area contributed by atoms with Crippen LogP contribution in [0.1, 0.15) is 11.4 Å². The molecule has 2 aromatic heterocycles. The van der Waals surface area contributed by atoms with Crippen molar-refractivity contribution in [2.45, 2.75) is 17.0 Å². The van der Waals surface area contributed by atoms with Gasteiger partial charge in [-0.1, -0.05) is 0 Å². The zero-order valence-corrected chi connectivity index (χ0v) is 11.3. The molecule has 2 heterocycles. The van der Waals surface area contributed by atoms with E-state index in [1.807, 2.05) is 12.1 Å². The van der Waals surface area contributed by atoms with Crippen LogP contribution >= 0.6 is 27.7 Å². The highest BCUT2D eigenvalue weighted by molar-refractivity contribution is 9.10. The Morgan fingerprint density at radius 1 is 1.29 bits per heavy atom. The van der Waals surface area contributed by atoms with Gasteiger partial charge >= 0.3 is 0 Å². The first-order chi connectivity index (χ1) is 8.19. The summed E-state index contributed by atoms with van der Waals surface area (Å²) in [6, 6.07) is 5.84. The monoisotopic (exact) mass is 306 g/mol. The second kappa shape index (κ2) is 5.25. The summed E-state index contributed by atoms with van der Waals surface area (Å²) in [5, 5.41) is 10.4. The lowest BCUT2D eigenvalue weighted by Gasteiger charge is -2.02. The van der Waals surface area contributed by atoms with Crippen molar-refractivity contribution in [1.29, 1.82) is 5.26 Å². The Bertz CT molecular complexity index is 577. The van der Waals surface area contributed by atoms with Crippen molar-refractivity contribution in [3.8, 4) is 6.07 Å².